The molecule has 1 amide bonds. The van der Waals surface area contributed by atoms with Gasteiger partial charge in [0, 0.05) is 5.92 Å². The van der Waals surface area contributed by atoms with Gasteiger partial charge in [0.2, 0.25) is 5.91 Å². The molecule has 3 N–H and O–H groups in total. The Labute approximate surface area is 96.8 Å². The quantitative estimate of drug-likeness (QED) is 0.705. The van der Waals surface area contributed by atoms with Crippen molar-refractivity contribution in [3.8, 4) is 0 Å². The summed E-state index contributed by atoms with van der Waals surface area (Å²) < 4.78 is 0. The summed E-state index contributed by atoms with van der Waals surface area (Å²) >= 11 is 4.94. The van der Waals surface area contributed by atoms with Crippen molar-refractivity contribution < 1.29 is 4.79 Å². The average Bonchev–Trinajstić information content (AvgIpc) is 2.69. The van der Waals surface area contributed by atoms with Crippen LogP contribution in [0.2, 0.25) is 0 Å². The highest BCUT2D eigenvalue weighted by atomic mass is 32.1. The lowest BCUT2D eigenvalue weighted by Crippen LogP contribution is -2.45. The molecule has 0 spiro atoms. The molecule has 0 aromatic rings. The van der Waals surface area contributed by atoms with E-state index < -0.39 is 0 Å². The first-order chi connectivity index (χ1) is 7.15. The van der Waals surface area contributed by atoms with Crippen molar-refractivity contribution in [2.24, 2.45) is 11.7 Å². The van der Waals surface area contributed by atoms with Crippen molar-refractivity contribution in [1.29, 1.82) is 0 Å². The second kappa shape index (κ2) is 6.05. The third-order valence-electron chi connectivity index (χ3n) is 2.96. The van der Waals surface area contributed by atoms with Crippen LogP contribution in [-0.4, -0.2) is 16.9 Å². The second-order valence-electron chi connectivity index (χ2n) is 4.23. The molecule has 86 valence electrons. The minimum absolute atomic E-state index is 0.113. The zero-order chi connectivity index (χ0) is 11.3. The molecule has 0 heterocycles. The van der Waals surface area contributed by atoms with E-state index in [1.54, 1.807) is 0 Å². The number of rotatable bonds is 5. The van der Waals surface area contributed by atoms with E-state index in [0.29, 0.717) is 4.99 Å². The van der Waals surface area contributed by atoms with Gasteiger partial charge >= 0.3 is 0 Å². The highest BCUT2D eigenvalue weighted by molar-refractivity contribution is 7.80. The molecule has 1 unspecified atom stereocenters. The van der Waals surface area contributed by atoms with Crippen molar-refractivity contribution in [3.05, 3.63) is 0 Å². The van der Waals surface area contributed by atoms with Gasteiger partial charge in [0.05, 0.1) is 11.0 Å². The number of amides is 1. The fourth-order valence-corrected chi connectivity index (χ4v) is 2.23. The molecule has 0 aromatic heterocycles. The highest BCUT2D eigenvalue weighted by Gasteiger charge is 2.24. The van der Waals surface area contributed by atoms with Gasteiger partial charge in [0.15, 0.2) is 0 Å². The second-order valence-corrected chi connectivity index (χ2v) is 4.71. The topological polar surface area (TPSA) is 55.1 Å². The van der Waals surface area contributed by atoms with Gasteiger partial charge in [-0.15, -0.1) is 0 Å². The zero-order valence-electron chi connectivity index (χ0n) is 9.29. The monoisotopic (exact) mass is 228 g/mol. The Morgan fingerprint density at radius 2 is 2.13 bits per heavy atom. The molecule has 0 saturated heterocycles. The first-order valence-electron chi connectivity index (χ1n) is 5.74. The van der Waals surface area contributed by atoms with E-state index in [0.717, 1.165) is 25.7 Å². The molecule has 3 nitrogen and oxygen atoms in total. The average molecular weight is 228 g/mol. The highest BCUT2D eigenvalue weighted by Crippen LogP contribution is 2.24. The molecule has 1 fully saturated rings. The van der Waals surface area contributed by atoms with Crippen molar-refractivity contribution in [2.45, 2.75) is 51.5 Å². The Bertz CT molecular complexity index is 237. The zero-order valence-corrected chi connectivity index (χ0v) is 10.1. The normalized spacial score (nSPS) is 18.7. The predicted octanol–water partition coefficient (Wildman–Crippen LogP) is 1.75. The Morgan fingerprint density at radius 3 is 2.60 bits per heavy atom. The van der Waals surface area contributed by atoms with Crippen LogP contribution in [0.3, 0.4) is 0 Å². The number of carbonyl (C=O) groups excluding carboxylic acids is 1. The summed E-state index contributed by atoms with van der Waals surface area (Å²) in [5, 5.41) is 2.95. The van der Waals surface area contributed by atoms with E-state index in [-0.39, 0.29) is 17.9 Å². The van der Waals surface area contributed by atoms with Gasteiger partial charge in [-0.05, 0) is 19.3 Å². The number of nitrogens with two attached hydrogens (primary N) is 1. The lowest BCUT2D eigenvalue weighted by Gasteiger charge is -2.19. The fourth-order valence-electron chi connectivity index (χ4n) is 2.05. The number of thiocarbonyl (C=S) groups is 1. The first-order valence-corrected chi connectivity index (χ1v) is 6.15. The van der Waals surface area contributed by atoms with Gasteiger partial charge in [0.1, 0.15) is 0 Å². The molecule has 4 heteroatoms. The maximum Gasteiger partial charge on any atom is 0.223 e. The molecule has 1 atom stereocenters. The molecule has 1 aliphatic carbocycles. The summed E-state index contributed by atoms with van der Waals surface area (Å²) in [6.07, 6.45) is 6.19. The smallest absolute Gasteiger partial charge is 0.223 e. The van der Waals surface area contributed by atoms with Crippen molar-refractivity contribution >= 4 is 23.1 Å². The van der Waals surface area contributed by atoms with Gasteiger partial charge in [-0.25, -0.2) is 0 Å². The van der Waals surface area contributed by atoms with Crippen LogP contribution >= 0.6 is 12.2 Å². The Balaban J connectivity index is 2.42. The summed E-state index contributed by atoms with van der Waals surface area (Å²) in [4.78, 5) is 12.2. The summed E-state index contributed by atoms with van der Waals surface area (Å²) in [5.74, 6) is 0.331. The Kier molecular flexibility index (Phi) is 5.02. The number of hydrogen-bond acceptors (Lipinski definition) is 2. The summed E-state index contributed by atoms with van der Waals surface area (Å²) in [6.45, 7) is 2.06. The van der Waals surface area contributed by atoms with E-state index in [2.05, 4.69) is 12.2 Å². The lowest BCUT2D eigenvalue weighted by atomic mass is 10.1. The third-order valence-corrected chi connectivity index (χ3v) is 3.25. The summed E-state index contributed by atoms with van der Waals surface area (Å²) in [6, 6.07) is -0.113. The van der Waals surface area contributed by atoms with E-state index >= 15 is 0 Å². The van der Waals surface area contributed by atoms with Crippen LogP contribution in [0.25, 0.3) is 0 Å². The molecule has 1 aliphatic rings. The van der Waals surface area contributed by atoms with Crippen molar-refractivity contribution in [1.82, 2.24) is 5.32 Å². The van der Waals surface area contributed by atoms with Crippen LogP contribution in [0.1, 0.15) is 45.4 Å². The molecule has 1 saturated carbocycles. The largest absolute Gasteiger partial charge is 0.392 e. The minimum atomic E-state index is -0.113. The van der Waals surface area contributed by atoms with Crippen LogP contribution in [0.15, 0.2) is 0 Å². The van der Waals surface area contributed by atoms with Gasteiger partial charge in [-0.1, -0.05) is 38.4 Å². The predicted molar refractivity (Wildman–Crippen MR) is 65.6 cm³/mol. The van der Waals surface area contributed by atoms with Crippen molar-refractivity contribution in [2.75, 3.05) is 0 Å². The lowest BCUT2D eigenvalue weighted by molar-refractivity contribution is -0.125. The molecular weight excluding hydrogens is 208 g/mol. The Hall–Kier alpha value is -0.640. The van der Waals surface area contributed by atoms with Crippen molar-refractivity contribution in [3.63, 3.8) is 0 Å². The fraction of sp³-hybridized carbons (Fsp3) is 0.818. The van der Waals surface area contributed by atoms with E-state index in [4.69, 9.17) is 18.0 Å². The van der Waals surface area contributed by atoms with Crippen LogP contribution < -0.4 is 11.1 Å². The van der Waals surface area contributed by atoms with E-state index in [1.165, 1.54) is 12.8 Å². The van der Waals surface area contributed by atoms with Crippen LogP contribution in [0.5, 0.6) is 0 Å². The molecule has 0 aromatic carbocycles. The SMILES string of the molecule is CCCC(NC(=O)C1CCCC1)C(N)=S. The van der Waals surface area contributed by atoms with Crippen LogP contribution in [0, 0.1) is 5.92 Å². The van der Waals surface area contributed by atoms with Gasteiger partial charge in [0.25, 0.3) is 0 Å². The third kappa shape index (κ3) is 3.78. The minimum Gasteiger partial charge on any atom is -0.392 e. The molecule has 1 rings (SSSR count). The summed E-state index contributed by atoms with van der Waals surface area (Å²) in [5.41, 5.74) is 5.59. The van der Waals surface area contributed by atoms with Gasteiger partial charge in [-0.3, -0.25) is 4.79 Å². The molecule has 15 heavy (non-hydrogen) atoms. The number of nitrogens with one attached hydrogen (secondary N) is 1. The van der Waals surface area contributed by atoms with Crippen LogP contribution in [0.4, 0.5) is 0 Å². The first kappa shape index (κ1) is 12.4. The maximum absolute atomic E-state index is 11.8. The Morgan fingerprint density at radius 1 is 1.53 bits per heavy atom. The molecule has 0 bridgehead atoms. The maximum atomic E-state index is 11.8. The van der Waals surface area contributed by atoms with Crippen LogP contribution in [-0.2, 0) is 4.79 Å². The number of carbonyl (C=O) groups is 1. The number of hydrogen-bond donors (Lipinski definition) is 2. The molecule has 0 aliphatic heterocycles. The van der Waals surface area contributed by atoms with E-state index in [1.807, 2.05) is 0 Å². The van der Waals surface area contributed by atoms with E-state index in [9.17, 15) is 4.79 Å². The van der Waals surface area contributed by atoms with Gasteiger partial charge in [-0.2, -0.15) is 0 Å². The standard InChI is InChI=1S/C11H20N2OS/c1-2-5-9(10(12)15)13-11(14)8-6-3-4-7-8/h8-9H,2-7H2,1H3,(H2,12,15)(H,13,14). The van der Waals surface area contributed by atoms with Gasteiger partial charge < -0.3 is 11.1 Å². The summed E-state index contributed by atoms with van der Waals surface area (Å²) in [7, 11) is 0. The molecule has 0 radical (unpaired) electrons. The molecular formula is C11H20N2OS.